The number of anilines is 1. The van der Waals surface area contributed by atoms with Gasteiger partial charge in [-0.3, -0.25) is 0 Å². The van der Waals surface area contributed by atoms with Crippen LogP contribution in [0.5, 0.6) is 0 Å². The van der Waals surface area contributed by atoms with Crippen LogP contribution in [0.4, 0.5) is 5.69 Å². The summed E-state index contributed by atoms with van der Waals surface area (Å²) in [5, 5.41) is 4.01. The average molecular weight is 271 g/mol. The molecule has 0 saturated heterocycles. The van der Waals surface area contributed by atoms with Gasteiger partial charge in [-0.15, -0.1) is 0 Å². The van der Waals surface area contributed by atoms with Gasteiger partial charge in [0.1, 0.15) is 0 Å². The smallest absolute Gasteiger partial charge is 0.0642 e. The molecule has 1 aromatic rings. The van der Waals surface area contributed by atoms with Gasteiger partial charge >= 0.3 is 0 Å². The predicted molar refractivity (Wildman–Crippen MR) is 78.7 cm³/mol. The number of nitrogens with one attached hydrogen (secondary N) is 1. The summed E-state index contributed by atoms with van der Waals surface area (Å²) in [5.41, 5.74) is 2.28. The molecule has 1 unspecified atom stereocenters. The molecule has 3 nitrogen and oxygen atoms in total. The van der Waals surface area contributed by atoms with Gasteiger partial charge in [0, 0.05) is 26.2 Å². The maximum Gasteiger partial charge on any atom is 0.0642 e. The Bertz CT molecular complexity index is 371. The highest BCUT2D eigenvalue weighted by molar-refractivity contribution is 6.33. The SMILES string of the molecule is CCN(CCOC)c1ccc(C(C)NC)cc1Cl. The number of benzene rings is 1. The summed E-state index contributed by atoms with van der Waals surface area (Å²) < 4.78 is 5.12. The summed E-state index contributed by atoms with van der Waals surface area (Å²) in [7, 11) is 3.66. The summed E-state index contributed by atoms with van der Waals surface area (Å²) in [6.07, 6.45) is 0. The first kappa shape index (κ1) is 15.3. The van der Waals surface area contributed by atoms with Crippen LogP contribution in [0.15, 0.2) is 18.2 Å². The summed E-state index contributed by atoms with van der Waals surface area (Å²) in [6.45, 7) is 6.72. The lowest BCUT2D eigenvalue weighted by Gasteiger charge is -2.24. The van der Waals surface area contributed by atoms with E-state index in [1.807, 2.05) is 13.1 Å². The van der Waals surface area contributed by atoms with Gasteiger partial charge in [0.05, 0.1) is 17.3 Å². The number of hydrogen-bond acceptors (Lipinski definition) is 3. The minimum Gasteiger partial charge on any atom is -0.383 e. The summed E-state index contributed by atoms with van der Waals surface area (Å²) >= 11 is 6.37. The number of rotatable bonds is 7. The van der Waals surface area contributed by atoms with E-state index in [0.29, 0.717) is 12.6 Å². The van der Waals surface area contributed by atoms with E-state index in [9.17, 15) is 0 Å². The third kappa shape index (κ3) is 3.87. The summed E-state index contributed by atoms with van der Waals surface area (Å²) in [6, 6.07) is 6.56. The van der Waals surface area contributed by atoms with E-state index in [0.717, 1.165) is 23.8 Å². The Kier molecular flexibility index (Phi) is 6.47. The molecule has 1 aromatic carbocycles. The van der Waals surface area contributed by atoms with Crippen molar-refractivity contribution in [2.24, 2.45) is 0 Å². The summed E-state index contributed by atoms with van der Waals surface area (Å²) in [4.78, 5) is 2.22. The topological polar surface area (TPSA) is 24.5 Å². The van der Waals surface area contributed by atoms with E-state index >= 15 is 0 Å². The lowest BCUT2D eigenvalue weighted by molar-refractivity contribution is 0.205. The quantitative estimate of drug-likeness (QED) is 0.824. The number of likely N-dealkylation sites (N-methyl/N-ethyl adjacent to an activating group) is 1. The van der Waals surface area contributed by atoms with Crippen LogP contribution in [0, 0.1) is 0 Å². The lowest BCUT2D eigenvalue weighted by Crippen LogP contribution is -2.27. The molecule has 0 aliphatic heterocycles. The van der Waals surface area contributed by atoms with Gasteiger partial charge in [-0.25, -0.2) is 0 Å². The first-order valence-electron chi connectivity index (χ1n) is 6.34. The molecule has 1 N–H and O–H groups in total. The Labute approximate surface area is 115 Å². The fourth-order valence-electron chi connectivity index (χ4n) is 1.87. The first-order valence-corrected chi connectivity index (χ1v) is 6.72. The van der Waals surface area contributed by atoms with Gasteiger partial charge in [0.2, 0.25) is 0 Å². The molecular weight excluding hydrogens is 248 g/mol. The van der Waals surface area contributed by atoms with Crippen LogP contribution in [0.2, 0.25) is 5.02 Å². The summed E-state index contributed by atoms with van der Waals surface area (Å²) in [5.74, 6) is 0. The Morgan fingerprint density at radius 1 is 1.44 bits per heavy atom. The van der Waals surface area contributed by atoms with Gasteiger partial charge < -0.3 is 15.0 Å². The monoisotopic (exact) mass is 270 g/mol. The maximum atomic E-state index is 6.37. The molecule has 0 fully saturated rings. The van der Waals surface area contributed by atoms with Crippen LogP contribution in [0.1, 0.15) is 25.5 Å². The number of nitrogens with zero attached hydrogens (tertiary/aromatic N) is 1. The number of ether oxygens (including phenoxy) is 1. The molecule has 4 heteroatoms. The molecule has 1 atom stereocenters. The first-order chi connectivity index (χ1) is 8.63. The molecule has 0 aliphatic rings. The third-order valence-electron chi connectivity index (χ3n) is 3.19. The van der Waals surface area contributed by atoms with Crippen molar-refractivity contribution < 1.29 is 4.74 Å². The molecule has 102 valence electrons. The number of methoxy groups -OCH3 is 1. The second kappa shape index (κ2) is 7.62. The maximum absolute atomic E-state index is 6.37. The van der Waals surface area contributed by atoms with Crippen LogP contribution in [0.3, 0.4) is 0 Å². The van der Waals surface area contributed by atoms with Crippen LogP contribution in [-0.2, 0) is 4.74 Å². The third-order valence-corrected chi connectivity index (χ3v) is 3.50. The Morgan fingerprint density at radius 2 is 2.17 bits per heavy atom. The minimum atomic E-state index is 0.311. The molecule has 18 heavy (non-hydrogen) atoms. The fourth-order valence-corrected chi connectivity index (χ4v) is 2.17. The Hall–Kier alpha value is -0.770. The molecule has 0 bridgehead atoms. The zero-order valence-electron chi connectivity index (χ0n) is 11.7. The number of halogens is 1. The van der Waals surface area contributed by atoms with E-state index in [2.05, 4.69) is 36.2 Å². The van der Waals surface area contributed by atoms with E-state index < -0.39 is 0 Å². The number of hydrogen-bond donors (Lipinski definition) is 1. The molecule has 0 aliphatic carbocycles. The van der Waals surface area contributed by atoms with Crippen molar-refractivity contribution in [3.63, 3.8) is 0 Å². The van der Waals surface area contributed by atoms with Gasteiger partial charge in [0.25, 0.3) is 0 Å². The molecule has 1 rings (SSSR count). The molecule has 0 saturated carbocycles. The minimum absolute atomic E-state index is 0.311. The van der Waals surface area contributed by atoms with Crippen molar-refractivity contribution in [2.75, 3.05) is 38.8 Å². The van der Waals surface area contributed by atoms with Crippen molar-refractivity contribution in [2.45, 2.75) is 19.9 Å². The van der Waals surface area contributed by atoms with Gasteiger partial charge in [-0.1, -0.05) is 17.7 Å². The zero-order chi connectivity index (χ0) is 13.5. The van der Waals surface area contributed by atoms with Crippen LogP contribution >= 0.6 is 11.6 Å². The van der Waals surface area contributed by atoms with E-state index in [-0.39, 0.29) is 0 Å². The Balaban J connectivity index is 2.89. The zero-order valence-corrected chi connectivity index (χ0v) is 12.4. The molecular formula is C14H23ClN2O. The molecule has 0 spiro atoms. The molecule has 0 heterocycles. The predicted octanol–water partition coefficient (Wildman–Crippen LogP) is 3.09. The van der Waals surface area contributed by atoms with Crippen LogP contribution in [0.25, 0.3) is 0 Å². The van der Waals surface area contributed by atoms with Crippen LogP contribution < -0.4 is 10.2 Å². The average Bonchev–Trinajstić information content (AvgIpc) is 2.40. The second-order valence-corrected chi connectivity index (χ2v) is 4.70. The highest BCUT2D eigenvalue weighted by atomic mass is 35.5. The fraction of sp³-hybridized carbons (Fsp3) is 0.571. The van der Waals surface area contributed by atoms with Crippen molar-refractivity contribution >= 4 is 17.3 Å². The second-order valence-electron chi connectivity index (χ2n) is 4.29. The van der Waals surface area contributed by atoms with E-state index in [4.69, 9.17) is 16.3 Å². The molecule has 0 radical (unpaired) electrons. The molecule has 0 amide bonds. The van der Waals surface area contributed by atoms with E-state index in [1.165, 1.54) is 5.56 Å². The normalized spacial score (nSPS) is 12.5. The van der Waals surface area contributed by atoms with Crippen LogP contribution in [-0.4, -0.2) is 33.9 Å². The largest absolute Gasteiger partial charge is 0.383 e. The van der Waals surface area contributed by atoms with Crippen molar-refractivity contribution in [1.82, 2.24) is 5.32 Å². The van der Waals surface area contributed by atoms with Gasteiger partial charge in [-0.2, -0.15) is 0 Å². The van der Waals surface area contributed by atoms with E-state index in [1.54, 1.807) is 7.11 Å². The van der Waals surface area contributed by atoms with Crippen molar-refractivity contribution in [3.05, 3.63) is 28.8 Å². The molecule has 0 aromatic heterocycles. The van der Waals surface area contributed by atoms with Crippen molar-refractivity contribution in [3.8, 4) is 0 Å². The van der Waals surface area contributed by atoms with Crippen molar-refractivity contribution in [1.29, 1.82) is 0 Å². The highest BCUT2D eigenvalue weighted by Crippen LogP contribution is 2.28. The van der Waals surface area contributed by atoms with Gasteiger partial charge in [0.15, 0.2) is 0 Å². The lowest BCUT2D eigenvalue weighted by atomic mass is 10.1. The standard InChI is InChI=1S/C14H23ClN2O/c1-5-17(8-9-18-4)14-7-6-12(10-13(14)15)11(2)16-3/h6-7,10-11,16H,5,8-9H2,1-4H3. The van der Waals surface area contributed by atoms with Gasteiger partial charge in [-0.05, 0) is 38.6 Å². The highest BCUT2D eigenvalue weighted by Gasteiger charge is 2.11. The Morgan fingerprint density at radius 3 is 2.67 bits per heavy atom.